The summed E-state index contributed by atoms with van der Waals surface area (Å²) in [5.41, 5.74) is 0.958. The number of nitrogens with one attached hydrogen (secondary N) is 1. The van der Waals surface area contributed by atoms with Crippen LogP contribution in [0.3, 0.4) is 0 Å². The molecule has 0 saturated heterocycles. The van der Waals surface area contributed by atoms with E-state index in [4.69, 9.17) is 4.74 Å². The maximum absolute atomic E-state index is 5.36. The summed E-state index contributed by atoms with van der Waals surface area (Å²) in [6.45, 7) is 6.77. The lowest BCUT2D eigenvalue weighted by Gasteiger charge is -2.13. The smallest absolute Gasteiger partial charge is 0.237 e. The Bertz CT molecular complexity index is 261. The van der Waals surface area contributed by atoms with Crippen molar-refractivity contribution >= 4 is 5.69 Å². The first-order valence-electron chi connectivity index (χ1n) is 4.58. The minimum atomic E-state index is 0.392. The Morgan fingerprint density at radius 3 is 2.92 bits per heavy atom. The highest BCUT2D eigenvalue weighted by molar-refractivity contribution is 5.52. The van der Waals surface area contributed by atoms with Crippen LogP contribution in [0.5, 0.6) is 5.88 Å². The van der Waals surface area contributed by atoms with E-state index in [0.717, 1.165) is 5.69 Å². The van der Waals surface area contributed by atoms with E-state index in [2.05, 4.69) is 24.1 Å². The lowest BCUT2D eigenvalue weighted by atomic mass is 10.3. The number of ether oxygens (including phenoxy) is 1. The van der Waals surface area contributed by atoms with Gasteiger partial charge in [-0.15, -0.1) is 0 Å². The quantitative estimate of drug-likeness (QED) is 0.772. The third-order valence-corrected chi connectivity index (χ3v) is 1.50. The largest absolute Gasteiger partial charge is 0.476 e. The number of rotatable bonds is 4. The molecule has 3 nitrogen and oxygen atoms in total. The molecule has 0 radical (unpaired) electrons. The maximum Gasteiger partial charge on any atom is 0.237 e. The molecule has 0 unspecified atom stereocenters. The molecule has 0 bridgehead atoms. The molecule has 1 aromatic heterocycles. The second-order valence-corrected chi connectivity index (χ2v) is 3.09. The van der Waals surface area contributed by atoms with Crippen molar-refractivity contribution in [2.24, 2.45) is 0 Å². The Labute approximate surface area is 79.1 Å². The predicted octanol–water partition coefficient (Wildman–Crippen LogP) is 2.30. The van der Waals surface area contributed by atoms with Crippen LogP contribution in [0, 0.1) is 0 Å². The zero-order valence-electron chi connectivity index (χ0n) is 8.37. The number of anilines is 1. The van der Waals surface area contributed by atoms with Crippen molar-refractivity contribution in [2.75, 3.05) is 11.9 Å². The fourth-order valence-electron chi connectivity index (χ4n) is 1.06. The molecule has 0 atom stereocenters. The predicted molar refractivity (Wildman–Crippen MR) is 54.2 cm³/mol. The second kappa shape index (κ2) is 4.70. The molecular formula is C10H16N2O. The van der Waals surface area contributed by atoms with Crippen LogP contribution in [-0.4, -0.2) is 17.6 Å². The fraction of sp³-hybridized carbons (Fsp3) is 0.500. The normalized spacial score (nSPS) is 10.2. The van der Waals surface area contributed by atoms with Crippen LogP contribution in [0.2, 0.25) is 0 Å². The van der Waals surface area contributed by atoms with Gasteiger partial charge in [-0.05, 0) is 32.9 Å². The van der Waals surface area contributed by atoms with Crippen LogP contribution >= 0.6 is 0 Å². The van der Waals surface area contributed by atoms with E-state index in [-0.39, 0.29) is 0 Å². The van der Waals surface area contributed by atoms with Crippen LogP contribution in [0.1, 0.15) is 20.8 Å². The van der Waals surface area contributed by atoms with Gasteiger partial charge in [0.05, 0.1) is 12.3 Å². The van der Waals surface area contributed by atoms with Gasteiger partial charge in [-0.2, -0.15) is 0 Å². The van der Waals surface area contributed by atoms with Crippen LogP contribution in [0.4, 0.5) is 5.69 Å². The Morgan fingerprint density at radius 1 is 1.54 bits per heavy atom. The van der Waals surface area contributed by atoms with E-state index in [1.54, 1.807) is 6.20 Å². The number of aromatic nitrogens is 1. The monoisotopic (exact) mass is 180 g/mol. The van der Waals surface area contributed by atoms with Crippen molar-refractivity contribution < 1.29 is 4.74 Å². The average Bonchev–Trinajstić information content (AvgIpc) is 2.08. The molecular weight excluding hydrogens is 164 g/mol. The summed E-state index contributed by atoms with van der Waals surface area (Å²) in [6.07, 6.45) is 1.73. The Hall–Kier alpha value is -1.25. The molecule has 1 aromatic rings. The molecule has 0 saturated carbocycles. The third-order valence-electron chi connectivity index (χ3n) is 1.50. The average molecular weight is 180 g/mol. The molecule has 3 heteroatoms. The summed E-state index contributed by atoms with van der Waals surface area (Å²) in [7, 11) is 0. The third kappa shape index (κ3) is 2.93. The van der Waals surface area contributed by atoms with Gasteiger partial charge in [0.2, 0.25) is 5.88 Å². The SMILES string of the molecule is CCOc1ncccc1NC(C)C. The minimum absolute atomic E-state index is 0.392. The summed E-state index contributed by atoms with van der Waals surface area (Å²) in [5.74, 6) is 0.679. The fourth-order valence-corrected chi connectivity index (χ4v) is 1.06. The zero-order chi connectivity index (χ0) is 9.68. The lowest BCUT2D eigenvalue weighted by Crippen LogP contribution is -2.11. The van der Waals surface area contributed by atoms with Crippen molar-refractivity contribution in [2.45, 2.75) is 26.8 Å². The highest BCUT2D eigenvalue weighted by Gasteiger charge is 2.03. The molecule has 72 valence electrons. The van der Waals surface area contributed by atoms with E-state index in [9.17, 15) is 0 Å². The number of nitrogens with zero attached hydrogens (tertiary/aromatic N) is 1. The van der Waals surface area contributed by atoms with Crippen LogP contribution in [0.15, 0.2) is 18.3 Å². The first kappa shape index (κ1) is 9.84. The molecule has 0 aliphatic rings. The Morgan fingerprint density at radius 2 is 2.31 bits per heavy atom. The van der Waals surface area contributed by atoms with Gasteiger partial charge in [0.25, 0.3) is 0 Å². The van der Waals surface area contributed by atoms with Crippen LogP contribution in [-0.2, 0) is 0 Å². The maximum atomic E-state index is 5.36. The van der Waals surface area contributed by atoms with Crippen molar-refractivity contribution in [3.8, 4) is 5.88 Å². The number of hydrogen-bond donors (Lipinski definition) is 1. The van der Waals surface area contributed by atoms with Crippen molar-refractivity contribution in [3.05, 3.63) is 18.3 Å². The van der Waals surface area contributed by atoms with Gasteiger partial charge in [-0.25, -0.2) is 4.98 Å². The molecule has 0 amide bonds. The summed E-state index contributed by atoms with van der Waals surface area (Å²) in [5, 5.41) is 3.27. The zero-order valence-corrected chi connectivity index (χ0v) is 8.37. The van der Waals surface area contributed by atoms with E-state index in [1.807, 2.05) is 19.1 Å². The van der Waals surface area contributed by atoms with Gasteiger partial charge < -0.3 is 10.1 Å². The Balaban J connectivity index is 2.78. The molecule has 1 rings (SSSR count). The topological polar surface area (TPSA) is 34.1 Å². The van der Waals surface area contributed by atoms with Gasteiger partial charge in [-0.3, -0.25) is 0 Å². The van der Waals surface area contributed by atoms with Gasteiger partial charge in [0.1, 0.15) is 0 Å². The highest BCUT2D eigenvalue weighted by atomic mass is 16.5. The summed E-state index contributed by atoms with van der Waals surface area (Å²) >= 11 is 0. The van der Waals surface area contributed by atoms with Gasteiger partial charge in [-0.1, -0.05) is 0 Å². The first-order chi connectivity index (χ1) is 6.24. The first-order valence-corrected chi connectivity index (χ1v) is 4.58. The summed E-state index contributed by atoms with van der Waals surface area (Å²) < 4.78 is 5.36. The van der Waals surface area contributed by atoms with Crippen LogP contribution in [0.25, 0.3) is 0 Å². The highest BCUT2D eigenvalue weighted by Crippen LogP contribution is 2.20. The minimum Gasteiger partial charge on any atom is -0.476 e. The lowest BCUT2D eigenvalue weighted by molar-refractivity contribution is 0.328. The number of hydrogen-bond acceptors (Lipinski definition) is 3. The molecule has 1 N–H and O–H groups in total. The summed E-state index contributed by atoms with van der Waals surface area (Å²) in [4.78, 5) is 4.14. The van der Waals surface area contributed by atoms with E-state index in [0.29, 0.717) is 18.5 Å². The molecule has 0 fully saturated rings. The molecule has 1 heterocycles. The van der Waals surface area contributed by atoms with E-state index >= 15 is 0 Å². The second-order valence-electron chi connectivity index (χ2n) is 3.09. The Kier molecular flexibility index (Phi) is 3.55. The summed E-state index contributed by atoms with van der Waals surface area (Å²) in [6, 6.07) is 4.26. The molecule has 13 heavy (non-hydrogen) atoms. The molecule has 0 spiro atoms. The van der Waals surface area contributed by atoms with E-state index < -0.39 is 0 Å². The van der Waals surface area contributed by atoms with Crippen LogP contribution < -0.4 is 10.1 Å². The van der Waals surface area contributed by atoms with E-state index in [1.165, 1.54) is 0 Å². The van der Waals surface area contributed by atoms with Gasteiger partial charge in [0, 0.05) is 12.2 Å². The standard InChI is InChI=1S/C10H16N2O/c1-4-13-10-9(12-8(2)3)6-5-7-11-10/h5-8,12H,4H2,1-3H3. The van der Waals surface area contributed by atoms with Gasteiger partial charge >= 0.3 is 0 Å². The van der Waals surface area contributed by atoms with Crippen molar-refractivity contribution in [1.82, 2.24) is 4.98 Å². The molecule has 0 aromatic carbocycles. The van der Waals surface area contributed by atoms with Gasteiger partial charge in [0.15, 0.2) is 0 Å². The van der Waals surface area contributed by atoms with Crippen molar-refractivity contribution in [3.63, 3.8) is 0 Å². The number of pyridine rings is 1. The molecule has 0 aliphatic heterocycles. The van der Waals surface area contributed by atoms with Crippen molar-refractivity contribution in [1.29, 1.82) is 0 Å². The molecule has 0 aliphatic carbocycles.